The Bertz CT molecular complexity index is 655. The molecule has 0 spiro atoms. The molecule has 0 aliphatic rings. The van der Waals surface area contributed by atoms with Gasteiger partial charge in [-0.15, -0.1) is 11.3 Å². The summed E-state index contributed by atoms with van der Waals surface area (Å²) in [5.74, 6) is -1.75. The number of carbonyl (C=O) groups is 1. The van der Waals surface area contributed by atoms with E-state index in [1.54, 1.807) is 5.38 Å². The standard InChI is InChI=1S/C13H11F2N3OS/c1-8-17-11(7-20-8)5-13(19)18-16-6-9-2-3-10(14)4-12(9)15/h2-4,6-7H,5H2,1H3,(H,18,19)/b16-6-. The molecular weight excluding hydrogens is 284 g/mol. The molecule has 0 fully saturated rings. The van der Waals surface area contributed by atoms with Crippen LogP contribution in [0.3, 0.4) is 0 Å². The van der Waals surface area contributed by atoms with Gasteiger partial charge in [0, 0.05) is 17.0 Å². The second kappa shape index (κ2) is 6.33. The number of amides is 1. The van der Waals surface area contributed by atoms with Crippen molar-refractivity contribution in [1.29, 1.82) is 0 Å². The molecule has 0 bridgehead atoms. The molecule has 2 rings (SSSR count). The topological polar surface area (TPSA) is 54.4 Å². The van der Waals surface area contributed by atoms with Crippen molar-refractivity contribution < 1.29 is 13.6 Å². The molecule has 0 aliphatic carbocycles. The van der Waals surface area contributed by atoms with Crippen molar-refractivity contribution in [2.24, 2.45) is 5.10 Å². The number of benzene rings is 1. The van der Waals surface area contributed by atoms with Gasteiger partial charge < -0.3 is 0 Å². The summed E-state index contributed by atoms with van der Waals surface area (Å²) in [6.07, 6.45) is 1.23. The third-order valence-electron chi connectivity index (χ3n) is 2.36. The highest BCUT2D eigenvalue weighted by molar-refractivity contribution is 7.09. The number of aromatic nitrogens is 1. The van der Waals surface area contributed by atoms with E-state index in [9.17, 15) is 13.6 Å². The fourth-order valence-electron chi connectivity index (χ4n) is 1.47. The van der Waals surface area contributed by atoms with Crippen molar-refractivity contribution >= 4 is 23.5 Å². The minimum Gasteiger partial charge on any atom is -0.273 e. The van der Waals surface area contributed by atoms with Crippen LogP contribution in [0.25, 0.3) is 0 Å². The molecule has 1 N–H and O–H groups in total. The summed E-state index contributed by atoms with van der Waals surface area (Å²) >= 11 is 1.46. The van der Waals surface area contributed by atoms with Crippen molar-refractivity contribution in [3.63, 3.8) is 0 Å². The molecule has 1 amide bonds. The average Bonchev–Trinajstić information content (AvgIpc) is 2.77. The highest BCUT2D eigenvalue weighted by atomic mass is 32.1. The maximum Gasteiger partial charge on any atom is 0.246 e. The Morgan fingerprint density at radius 3 is 2.95 bits per heavy atom. The van der Waals surface area contributed by atoms with Crippen molar-refractivity contribution in [3.05, 3.63) is 51.5 Å². The van der Waals surface area contributed by atoms with E-state index in [0.29, 0.717) is 5.69 Å². The molecule has 1 heterocycles. The van der Waals surface area contributed by atoms with E-state index < -0.39 is 11.6 Å². The van der Waals surface area contributed by atoms with Gasteiger partial charge in [0.15, 0.2) is 0 Å². The fourth-order valence-corrected chi connectivity index (χ4v) is 2.09. The molecule has 1 aromatic carbocycles. The quantitative estimate of drug-likeness (QED) is 0.695. The zero-order valence-corrected chi connectivity index (χ0v) is 11.4. The summed E-state index contributed by atoms with van der Waals surface area (Å²) in [4.78, 5) is 15.7. The van der Waals surface area contributed by atoms with Crippen molar-refractivity contribution in [3.8, 4) is 0 Å². The van der Waals surface area contributed by atoms with E-state index in [2.05, 4.69) is 15.5 Å². The third kappa shape index (κ3) is 3.92. The summed E-state index contributed by atoms with van der Waals surface area (Å²) in [5.41, 5.74) is 3.02. The predicted octanol–water partition coefficient (Wildman–Crippen LogP) is 2.42. The first-order valence-corrected chi connectivity index (χ1v) is 6.60. The van der Waals surface area contributed by atoms with E-state index in [1.807, 2.05) is 6.92 Å². The molecule has 4 nitrogen and oxygen atoms in total. The van der Waals surface area contributed by atoms with Gasteiger partial charge >= 0.3 is 0 Å². The van der Waals surface area contributed by atoms with Gasteiger partial charge in [-0.05, 0) is 19.1 Å². The van der Waals surface area contributed by atoms with Gasteiger partial charge in [0.25, 0.3) is 0 Å². The maximum atomic E-state index is 13.3. The van der Waals surface area contributed by atoms with Crippen LogP contribution in [0.1, 0.15) is 16.3 Å². The molecule has 104 valence electrons. The normalized spacial score (nSPS) is 10.9. The van der Waals surface area contributed by atoms with E-state index in [0.717, 1.165) is 23.4 Å². The zero-order valence-electron chi connectivity index (χ0n) is 10.6. The molecule has 0 unspecified atom stereocenters. The second-order valence-corrected chi connectivity index (χ2v) is 5.06. The highest BCUT2D eigenvalue weighted by Gasteiger charge is 2.05. The molecule has 7 heteroatoms. The molecule has 0 saturated carbocycles. The second-order valence-electron chi connectivity index (χ2n) is 3.99. The SMILES string of the molecule is Cc1nc(CC(=O)N/N=C\c2ccc(F)cc2F)cs1. The molecule has 1 aromatic heterocycles. The van der Waals surface area contributed by atoms with Gasteiger partial charge in [0.2, 0.25) is 5.91 Å². The van der Waals surface area contributed by atoms with E-state index in [4.69, 9.17) is 0 Å². The number of hydrogen-bond acceptors (Lipinski definition) is 4. The van der Waals surface area contributed by atoms with Gasteiger partial charge in [0.05, 0.1) is 23.3 Å². The van der Waals surface area contributed by atoms with E-state index in [1.165, 1.54) is 17.4 Å². The van der Waals surface area contributed by atoms with Crippen LogP contribution in [0.15, 0.2) is 28.7 Å². The lowest BCUT2D eigenvalue weighted by molar-refractivity contribution is -0.120. The van der Waals surface area contributed by atoms with Crippen LogP contribution in [0.2, 0.25) is 0 Å². The minimum atomic E-state index is -0.738. The summed E-state index contributed by atoms with van der Waals surface area (Å²) in [5, 5.41) is 6.29. The van der Waals surface area contributed by atoms with Crippen LogP contribution in [0.5, 0.6) is 0 Å². The summed E-state index contributed by atoms with van der Waals surface area (Å²) in [6, 6.07) is 3.11. The van der Waals surface area contributed by atoms with Crippen LogP contribution in [0, 0.1) is 18.6 Å². The molecule has 0 radical (unpaired) electrons. The Labute approximate surface area is 118 Å². The number of nitrogens with one attached hydrogen (secondary N) is 1. The van der Waals surface area contributed by atoms with Crippen molar-refractivity contribution in [2.45, 2.75) is 13.3 Å². The van der Waals surface area contributed by atoms with Gasteiger partial charge in [-0.2, -0.15) is 5.10 Å². The van der Waals surface area contributed by atoms with Crippen molar-refractivity contribution in [1.82, 2.24) is 10.4 Å². The van der Waals surface area contributed by atoms with E-state index in [-0.39, 0.29) is 17.9 Å². The zero-order chi connectivity index (χ0) is 14.5. The van der Waals surface area contributed by atoms with Gasteiger partial charge in [0.1, 0.15) is 11.6 Å². The molecular formula is C13H11F2N3OS. The Morgan fingerprint density at radius 2 is 2.30 bits per heavy atom. The van der Waals surface area contributed by atoms with Crippen LogP contribution < -0.4 is 5.43 Å². The molecule has 0 saturated heterocycles. The van der Waals surface area contributed by atoms with Gasteiger partial charge in [-0.1, -0.05) is 0 Å². The lowest BCUT2D eigenvalue weighted by Gasteiger charge is -1.98. The number of halogens is 2. The summed E-state index contributed by atoms with van der Waals surface area (Å²) in [6.45, 7) is 1.85. The number of hydrogen-bond donors (Lipinski definition) is 1. The number of rotatable bonds is 4. The fraction of sp³-hybridized carbons (Fsp3) is 0.154. The molecule has 2 aromatic rings. The Hall–Kier alpha value is -2.15. The van der Waals surface area contributed by atoms with E-state index >= 15 is 0 Å². The number of carbonyl (C=O) groups excluding carboxylic acids is 1. The largest absolute Gasteiger partial charge is 0.273 e. The number of nitrogens with zero attached hydrogens (tertiary/aromatic N) is 2. The Balaban J connectivity index is 1.91. The first kappa shape index (κ1) is 14.3. The number of hydrazone groups is 1. The lowest BCUT2D eigenvalue weighted by Crippen LogP contribution is -2.20. The van der Waals surface area contributed by atoms with Gasteiger partial charge in [-0.3, -0.25) is 4.79 Å². The maximum absolute atomic E-state index is 13.3. The lowest BCUT2D eigenvalue weighted by atomic mass is 10.2. The summed E-state index contributed by atoms with van der Waals surface area (Å²) < 4.78 is 26.0. The Morgan fingerprint density at radius 1 is 1.50 bits per heavy atom. The third-order valence-corrected chi connectivity index (χ3v) is 3.19. The highest BCUT2D eigenvalue weighted by Crippen LogP contribution is 2.08. The number of aryl methyl sites for hydroxylation is 1. The van der Waals surface area contributed by atoms with Crippen LogP contribution >= 0.6 is 11.3 Å². The van der Waals surface area contributed by atoms with Crippen LogP contribution in [-0.4, -0.2) is 17.1 Å². The van der Waals surface area contributed by atoms with Crippen LogP contribution in [-0.2, 0) is 11.2 Å². The molecule has 20 heavy (non-hydrogen) atoms. The molecule has 0 aliphatic heterocycles. The first-order chi connectivity index (χ1) is 9.54. The van der Waals surface area contributed by atoms with Crippen molar-refractivity contribution in [2.75, 3.05) is 0 Å². The number of thiazole rings is 1. The first-order valence-electron chi connectivity index (χ1n) is 5.72. The van der Waals surface area contributed by atoms with Gasteiger partial charge in [-0.25, -0.2) is 19.2 Å². The Kier molecular flexibility index (Phi) is 4.52. The predicted molar refractivity (Wildman–Crippen MR) is 72.6 cm³/mol. The minimum absolute atomic E-state index is 0.0937. The average molecular weight is 295 g/mol. The molecule has 0 atom stereocenters. The monoisotopic (exact) mass is 295 g/mol. The van der Waals surface area contributed by atoms with Crippen LogP contribution in [0.4, 0.5) is 8.78 Å². The smallest absolute Gasteiger partial charge is 0.246 e. The summed E-state index contributed by atoms with van der Waals surface area (Å²) in [7, 11) is 0.